The van der Waals surface area contributed by atoms with Crippen molar-refractivity contribution in [2.45, 2.75) is 220 Å². The monoisotopic (exact) mass is 1040 g/mol. The van der Waals surface area contributed by atoms with Gasteiger partial charge in [0.25, 0.3) is 0 Å². The van der Waals surface area contributed by atoms with Gasteiger partial charge in [0.2, 0.25) is 11.8 Å². The Kier molecular flexibility index (Phi) is 16.9. The molecule has 4 aliphatic carbocycles. The van der Waals surface area contributed by atoms with E-state index in [1.165, 1.54) is 12.0 Å². The molecule has 2 aliphatic heterocycles. The molecule has 0 spiro atoms. The van der Waals surface area contributed by atoms with Crippen LogP contribution in [0.15, 0.2) is 0 Å². The Morgan fingerprint density at radius 2 is 0.887 bits per heavy atom. The van der Waals surface area contributed by atoms with Crippen molar-refractivity contribution in [2.24, 2.45) is 69.0 Å². The topological polar surface area (TPSA) is 207 Å². The fourth-order valence-electron chi connectivity index (χ4n) is 13.4. The van der Waals surface area contributed by atoms with Crippen molar-refractivity contribution in [1.29, 1.82) is 0 Å². The first-order valence-corrected chi connectivity index (χ1v) is 29.7. The Balaban J connectivity index is 0.000000264. The number of likely N-dealkylation sites (tertiary alicyclic amines) is 2. The smallest absolute Gasteiger partial charge is 0.328 e. The highest BCUT2D eigenvalue weighted by Gasteiger charge is 2.71. The number of fused-ring (bicyclic) bond motifs is 2. The number of carbonyl (C=O) groups excluding carboxylic acids is 5. The molecule has 6 rings (SSSR count). The molecule has 14 nitrogen and oxygen atoms in total. The van der Waals surface area contributed by atoms with Crippen LogP contribution in [-0.4, -0.2) is 119 Å². The Hall–Kier alpha value is -2.88. The van der Waals surface area contributed by atoms with Crippen LogP contribution in [0.5, 0.6) is 0 Å². The molecule has 12 atom stereocenters. The molecule has 71 heavy (non-hydrogen) atoms. The highest BCUT2D eigenvalue weighted by atomic mass is 32.2. The molecule has 0 unspecified atom stereocenters. The predicted molar refractivity (Wildman–Crippen MR) is 275 cm³/mol. The minimum atomic E-state index is -3.40. The van der Waals surface area contributed by atoms with Crippen molar-refractivity contribution < 1.29 is 55.4 Å². The molecule has 4 saturated carbocycles. The number of esters is 1. The highest BCUT2D eigenvalue weighted by molar-refractivity contribution is 7.93. The second-order valence-electron chi connectivity index (χ2n) is 27.9. The summed E-state index contributed by atoms with van der Waals surface area (Å²) >= 11 is 0. The van der Waals surface area contributed by atoms with Gasteiger partial charge in [-0.15, -0.1) is 0 Å². The van der Waals surface area contributed by atoms with Gasteiger partial charge in [0.1, 0.15) is 23.7 Å². The summed E-state index contributed by atoms with van der Waals surface area (Å²) in [6.07, 6.45) is 6.52. The molecule has 0 radical (unpaired) electrons. The molecule has 0 aromatic carbocycles. The number of carboxylic acid groups (broad SMARTS) is 1. The number of methoxy groups -OCH3 is 1. The first kappa shape index (κ1) is 59.0. The third-order valence-corrected chi connectivity index (χ3v) is 24.6. The first-order chi connectivity index (χ1) is 32.2. The zero-order chi connectivity index (χ0) is 54.2. The average molecular weight is 1040 g/mol. The summed E-state index contributed by atoms with van der Waals surface area (Å²) in [5, 5.41) is 8.85. The van der Waals surface area contributed by atoms with E-state index in [1.807, 2.05) is 41.5 Å². The summed E-state index contributed by atoms with van der Waals surface area (Å²) in [6.45, 7) is 31.2. The lowest BCUT2D eigenvalue weighted by Crippen LogP contribution is -2.50. The average Bonchev–Trinajstić information content (AvgIpc) is 3.68. The van der Waals surface area contributed by atoms with Gasteiger partial charge in [-0.1, -0.05) is 94.9 Å². The van der Waals surface area contributed by atoms with Crippen LogP contribution >= 0.6 is 0 Å². The summed E-state index contributed by atoms with van der Waals surface area (Å²) in [4.78, 5) is 82.2. The van der Waals surface area contributed by atoms with Crippen LogP contribution in [0, 0.1) is 69.0 Å². The molecule has 6 aliphatic rings. The van der Waals surface area contributed by atoms with E-state index in [0.29, 0.717) is 32.4 Å². The lowest BCUT2D eigenvalue weighted by Gasteiger charge is -2.38. The minimum absolute atomic E-state index is 0.00275. The Bertz CT molecular complexity index is 2280. The molecule has 1 N–H and O–H groups in total. The number of piperidine rings is 2. The number of aliphatic carboxylic acids is 1. The zero-order valence-corrected chi connectivity index (χ0v) is 48.1. The molecule has 2 heterocycles. The number of hydrogen-bond acceptors (Lipinski definition) is 11. The first-order valence-electron chi connectivity index (χ1n) is 26.6. The Morgan fingerprint density at radius 3 is 1.20 bits per heavy atom. The van der Waals surface area contributed by atoms with Gasteiger partial charge in [-0.3, -0.25) is 19.2 Å². The fraction of sp³-hybridized carbons (Fsp3) is 0.891. The van der Waals surface area contributed by atoms with Crippen LogP contribution in [0.3, 0.4) is 0 Å². The number of carboxylic acids is 1. The van der Waals surface area contributed by atoms with Gasteiger partial charge in [-0.2, -0.15) is 0 Å². The van der Waals surface area contributed by atoms with Gasteiger partial charge in [0.15, 0.2) is 19.7 Å². The van der Waals surface area contributed by atoms with Gasteiger partial charge in [-0.25, -0.2) is 26.4 Å². The molecule has 0 aromatic heterocycles. The van der Waals surface area contributed by atoms with Crippen molar-refractivity contribution in [1.82, 2.24) is 9.80 Å². The Morgan fingerprint density at radius 1 is 0.563 bits per heavy atom. The number of nitrogens with zero attached hydrogens (tertiary/aromatic N) is 2. The maximum atomic E-state index is 13.9. The van der Waals surface area contributed by atoms with Crippen molar-refractivity contribution in [3.63, 3.8) is 0 Å². The lowest BCUT2D eigenvalue weighted by atomic mass is 9.75. The van der Waals surface area contributed by atoms with Crippen molar-refractivity contribution >= 4 is 55.0 Å². The number of rotatable bonds is 14. The van der Waals surface area contributed by atoms with E-state index < -0.39 is 86.4 Å². The Labute approximate surface area is 427 Å². The summed E-state index contributed by atoms with van der Waals surface area (Å²) in [6, 6.07) is -1.45. The van der Waals surface area contributed by atoms with E-state index >= 15 is 0 Å². The van der Waals surface area contributed by atoms with E-state index in [9.17, 15) is 50.7 Å². The highest BCUT2D eigenvalue weighted by Crippen LogP contribution is 2.66. The van der Waals surface area contributed by atoms with Gasteiger partial charge in [0, 0.05) is 62.4 Å². The molecule has 6 fully saturated rings. The number of ketones is 2. The SMILES string of the molecule is CC(C)(C)[C@H](CC(=O)C[C@H]1CCCC[C@H]1S(=O)(=O)C(C)(C)C)C(=O)N1C[C@H]2[C@@H]([C@H]1C(=O)O)C2(C)C.COC(=O)[C@@H]1[C@@H]2[C@H](CN1C(=O)[C@@H](CC(=O)C[C@H]1CCCC[C@H]1S(=O)(=O)C(C)(C)C)C(C)(C)C)C2(C)C. The van der Waals surface area contributed by atoms with E-state index in [-0.39, 0.29) is 95.4 Å². The number of Topliss-reactive ketones (excluding diaryl/α,β-unsaturated/α-hetero) is 2. The number of hydrogen-bond donors (Lipinski definition) is 1. The lowest BCUT2D eigenvalue weighted by molar-refractivity contribution is -0.156. The predicted octanol–water partition coefficient (Wildman–Crippen LogP) is 8.76. The standard InChI is InChI=1S/C28H47NO6S.C27H45NO6S/c1-26(2,3)19(24(31)29-16-20-22(28(20,7)8)23(29)25(32)35-9)15-18(30)14-17-12-10-11-13-21(17)36(33,34)27(4,5)6;1-25(2,3)18(23(30)28-15-19-21(27(19,7)8)22(28)24(31)32)14-17(29)13-16-11-9-10-12-20(16)35(33,34)26(4,5)6/h17,19-23H,10-16H2,1-9H3;16,18-22H,9-15H2,1-8H3,(H,31,32)/t17-,19-,20+,21-,22+,23+;16-,18-,19+,20-,21+,22+/m11/s1. The summed E-state index contributed by atoms with van der Waals surface area (Å²) in [5.41, 5.74) is -1.10. The third-order valence-electron chi connectivity index (χ3n) is 18.4. The number of amides is 2. The third kappa shape index (κ3) is 11.8. The van der Waals surface area contributed by atoms with Crippen LogP contribution < -0.4 is 0 Å². The minimum Gasteiger partial charge on any atom is -0.480 e. The van der Waals surface area contributed by atoms with Gasteiger partial charge in [-0.05, 0) is 113 Å². The van der Waals surface area contributed by atoms with E-state index in [1.54, 1.807) is 46.4 Å². The van der Waals surface area contributed by atoms with E-state index in [0.717, 1.165) is 32.1 Å². The molecule has 406 valence electrons. The summed E-state index contributed by atoms with van der Waals surface area (Å²) < 4.78 is 56.3. The van der Waals surface area contributed by atoms with Gasteiger partial charge >= 0.3 is 11.9 Å². The van der Waals surface area contributed by atoms with Crippen molar-refractivity contribution in [2.75, 3.05) is 20.2 Å². The van der Waals surface area contributed by atoms with Gasteiger partial charge in [0.05, 0.1) is 27.1 Å². The van der Waals surface area contributed by atoms with Crippen LogP contribution in [-0.2, 0) is 53.2 Å². The molecule has 2 saturated heterocycles. The number of sulfone groups is 2. The number of carbonyl (C=O) groups is 6. The zero-order valence-electron chi connectivity index (χ0n) is 46.5. The largest absolute Gasteiger partial charge is 0.480 e. The molecule has 0 bridgehead atoms. The van der Waals surface area contributed by atoms with Crippen molar-refractivity contribution in [3.05, 3.63) is 0 Å². The van der Waals surface area contributed by atoms with Crippen LogP contribution in [0.2, 0.25) is 0 Å². The normalized spacial score (nSPS) is 31.2. The molecule has 0 aromatic rings. The van der Waals surface area contributed by atoms with Crippen molar-refractivity contribution in [3.8, 4) is 0 Å². The maximum Gasteiger partial charge on any atom is 0.328 e. The second-order valence-corrected chi connectivity index (χ2v) is 33.7. The molecular weight excluding hydrogens is 945 g/mol. The van der Waals surface area contributed by atoms with Crippen LogP contribution in [0.25, 0.3) is 0 Å². The molecular formula is C55H92N2O12S2. The quantitative estimate of drug-likeness (QED) is 0.162. The van der Waals surface area contributed by atoms with Crippen LogP contribution in [0.4, 0.5) is 0 Å². The second kappa shape index (κ2) is 20.3. The van der Waals surface area contributed by atoms with E-state index in [4.69, 9.17) is 4.74 Å². The molecule has 2 amide bonds. The van der Waals surface area contributed by atoms with E-state index in [2.05, 4.69) is 27.7 Å². The number of ether oxygens (including phenoxy) is 1. The molecule has 16 heteroatoms. The van der Waals surface area contributed by atoms with Gasteiger partial charge < -0.3 is 19.6 Å². The summed E-state index contributed by atoms with van der Waals surface area (Å²) in [5.74, 6) is -3.18. The summed E-state index contributed by atoms with van der Waals surface area (Å²) in [7, 11) is -5.44. The maximum absolute atomic E-state index is 13.9. The van der Waals surface area contributed by atoms with Crippen LogP contribution in [0.1, 0.15) is 188 Å². The fourth-order valence-corrected chi connectivity index (χ4v) is 17.6.